The minimum Gasteiger partial charge on any atom is -0.489 e. The predicted molar refractivity (Wildman–Crippen MR) is 113 cm³/mol. The average molecular weight is 391 g/mol. The van der Waals surface area contributed by atoms with Gasteiger partial charge in [-0.3, -0.25) is 4.79 Å². The third-order valence-electron chi connectivity index (χ3n) is 4.83. The number of aliphatic hydroxyl groups excluding tert-OH is 1. The monoisotopic (exact) mass is 391 g/mol. The van der Waals surface area contributed by atoms with Crippen molar-refractivity contribution < 1.29 is 19.7 Å². The van der Waals surface area contributed by atoms with Gasteiger partial charge in [0, 0.05) is 5.56 Å². The van der Waals surface area contributed by atoms with Crippen LogP contribution in [-0.4, -0.2) is 22.8 Å². The number of aliphatic hydroxyl groups is 1. The zero-order valence-corrected chi connectivity index (χ0v) is 16.3. The summed E-state index contributed by atoms with van der Waals surface area (Å²) in [7, 11) is 0. The summed E-state index contributed by atoms with van der Waals surface area (Å²) in [4.78, 5) is 11.1. The molecule has 0 unspecified atom stereocenters. The summed E-state index contributed by atoms with van der Waals surface area (Å²) in [6.07, 6.45) is -0.0762. The summed E-state index contributed by atoms with van der Waals surface area (Å²) in [5, 5.41) is 18.4. The lowest BCUT2D eigenvalue weighted by Gasteiger charge is -2.14. The molecule has 3 rings (SSSR count). The fourth-order valence-corrected chi connectivity index (χ4v) is 3.23. The topological polar surface area (TPSA) is 92.8 Å². The molecule has 0 spiro atoms. The van der Waals surface area contributed by atoms with E-state index in [1.54, 1.807) is 18.2 Å². The van der Waals surface area contributed by atoms with Crippen molar-refractivity contribution in [1.29, 1.82) is 0 Å². The van der Waals surface area contributed by atoms with Crippen molar-refractivity contribution in [2.24, 2.45) is 5.73 Å². The maximum absolute atomic E-state index is 11.1. The summed E-state index contributed by atoms with van der Waals surface area (Å²) in [5.41, 5.74) is 11.7. The Hall–Kier alpha value is -3.15. The van der Waals surface area contributed by atoms with Crippen molar-refractivity contribution in [3.63, 3.8) is 0 Å². The second kappa shape index (κ2) is 9.37. The molecule has 29 heavy (non-hydrogen) atoms. The van der Waals surface area contributed by atoms with Crippen LogP contribution in [0.5, 0.6) is 5.75 Å². The SMILES string of the molecule is Cc1ccc(COc2ccccc2CC(=O)O)cc1-c1cccc([C@H](N)CO)c1. The molecule has 0 aliphatic heterocycles. The van der Waals surface area contributed by atoms with Crippen LogP contribution in [0.1, 0.15) is 28.3 Å². The van der Waals surface area contributed by atoms with Gasteiger partial charge in [-0.2, -0.15) is 0 Å². The average Bonchev–Trinajstić information content (AvgIpc) is 2.73. The van der Waals surface area contributed by atoms with E-state index in [1.807, 2.05) is 49.4 Å². The molecule has 5 heteroatoms. The molecule has 0 aliphatic rings. The Labute approximate surface area is 170 Å². The van der Waals surface area contributed by atoms with Crippen LogP contribution < -0.4 is 10.5 Å². The molecular weight excluding hydrogens is 366 g/mol. The van der Waals surface area contributed by atoms with E-state index in [0.29, 0.717) is 17.9 Å². The Bertz CT molecular complexity index is 1000. The largest absolute Gasteiger partial charge is 0.489 e. The molecule has 4 N–H and O–H groups in total. The lowest BCUT2D eigenvalue weighted by molar-refractivity contribution is -0.136. The fourth-order valence-electron chi connectivity index (χ4n) is 3.23. The van der Waals surface area contributed by atoms with E-state index in [9.17, 15) is 9.90 Å². The molecule has 3 aromatic rings. The number of nitrogens with two attached hydrogens (primary N) is 1. The van der Waals surface area contributed by atoms with Gasteiger partial charge in [-0.25, -0.2) is 0 Å². The lowest BCUT2D eigenvalue weighted by Crippen LogP contribution is -2.14. The molecule has 0 aliphatic carbocycles. The van der Waals surface area contributed by atoms with Crippen LogP contribution in [0.15, 0.2) is 66.7 Å². The number of rotatable bonds is 8. The molecule has 0 aromatic heterocycles. The number of hydrogen-bond acceptors (Lipinski definition) is 4. The van der Waals surface area contributed by atoms with Gasteiger partial charge in [-0.15, -0.1) is 0 Å². The standard InChI is InChI=1S/C24H25NO4/c1-16-9-10-17(15-29-23-8-3-2-5-20(23)13-24(27)28)11-21(16)18-6-4-7-19(12-18)22(25)14-26/h2-12,22,26H,13-15,25H2,1H3,(H,27,28)/t22-/m1/s1. The minimum atomic E-state index is -0.889. The van der Waals surface area contributed by atoms with Crippen molar-refractivity contribution in [3.05, 3.63) is 89.0 Å². The van der Waals surface area contributed by atoms with E-state index < -0.39 is 12.0 Å². The van der Waals surface area contributed by atoms with E-state index >= 15 is 0 Å². The third-order valence-corrected chi connectivity index (χ3v) is 4.83. The van der Waals surface area contributed by atoms with Gasteiger partial charge in [-0.1, -0.05) is 48.5 Å². The maximum Gasteiger partial charge on any atom is 0.307 e. The predicted octanol–water partition coefficient (Wildman–Crippen LogP) is 3.86. The van der Waals surface area contributed by atoms with Gasteiger partial charge < -0.3 is 20.7 Å². The first-order valence-electron chi connectivity index (χ1n) is 9.46. The highest BCUT2D eigenvalue weighted by molar-refractivity contribution is 5.71. The highest BCUT2D eigenvalue weighted by Crippen LogP contribution is 2.28. The van der Waals surface area contributed by atoms with Crippen LogP contribution in [0.25, 0.3) is 11.1 Å². The van der Waals surface area contributed by atoms with Crippen molar-refractivity contribution in [1.82, 2.24) is 0 Å². The van der Waals surface area contributed by atoms with Gasteiger partial charge in [0.1, 0.15) is 12.4 Å². The molecule has 0 saturated carbocycles. The number of carbonyl (C=O) groups is 1. The molecule has 1 atom stereocenters. The lowest BCUT2D eigenvalue weighted by atomic mass is 9.95. The van der Waals surface area contributed by atoms with Gasteiger partial charge >= 0.3 is 5.97 Å². The third kappa shape index (κ3) is 5.22. The molecule has 0 saturated heterocycles. The smallest absolute Gasteiger partial charge is 0.307 e. The molecule has 0 bridgehead atoms. The number of carboxylic acids is 1. The number of carboxylic acid groups (broad SMARTS) is 1. The van der Waals surface area contributed by atoms with Crippen LogP contribution in [0.2, 0.25) is 0 Å². The Morgan fingerprint density at radius 1 is 1.07 bits per heavy atom. The maximum atomic E-state index is 11.1. The number of benzene rings is 3. The highest BCUT2D eigenvalue weighted by atomic mass is 16.5. The zero-order valence-electron chi connectivity index (χ0n) is 16.3. The van der Waals surface area contributed by atoms with Crippen LogP contribution >= 0.6 is 0 Å². The summed E-state index contributed by atoms with van der Waals surface area (Å²) in [6.45, 7) is 2.27. The van der Waals surface area contributed by atoms with Gasteiger partial charge in [0.25, 0.3) is 0 Å². The second-order valence-corrected chi connectivity index (χ2v) is 7.03. The molecule has 0 amide bonds. The normalized spacial score (nSPS) is 11.8. The number of para-hydroxylation sites is 1. The number of ether oxygens (including phenoxy) is 1. The number of aliphatic carboxylic acids is 1. The summed E-state index contributed by atoms with van der Waals surface area (Å²) < 4.78 is 5.92. The number of hydrogen-bond donors (Lipinski definition) is 3. The van der Waals surface area contributed by atoms with Gasteiger partial charge in [0.05, 0.1) is 19.1 Å². The Balaban J connectivity index is 1.83. The molecule has 3 aromatic carbocycles. The number of aryl methyl sites for hydroxylation is 1. The molecule has 0 radical (unpaired) electrons. The van der Waals surface area contributed by atoms with Crippen LogP contribution in [0.4, 0.5) is 0 Å². The Morgan fingerprint density at radius 2 is 1.86 bits per heavy atom. The first-order valence-corrected chi connectivity index (χ1v) is 9.46. The van der Waals surface area contributed by atoms with Gasteiger partial charge in [0.15, 0.2) is 0 Å². The van der Waals surface area contributed by atoms with E-state index in [-0.39, 0.29) is 13.0 Å². The summed E-state index contributed by atoms with van der Waals surface area (Å²) in [5.74, 6) is -0.312. The van der Waals surface area contributed by atoms with Crippen LogP contribution in [0, 0.1) is 6.92 Å². The first-order chi connectivity index (χ1) is 14.0. The van der Waals surface area contributed by atoms with Crippen LogP contribution in [-0.2, 0) is 17.8 Å². The second-order valence-electron chi connectivity index (χ2n) is 7.03. The van der Waals surface area contributed by atoms with E-state index in [1.165, 1.54) is 0 Å². The molecule has 5 nitrogen and oxygen atoms in total. The van der Waals surface area contributed by atoms with Crippen molar-refractivity contribution in [3.8, 4) is 16.9 Å². The summed E-state index contributed by atoms with van der Waals surface area (Å²) in [6, 6.07) is 20.7. The Morgan fingerprint density at radius 3 is 2.62 bits per heavy atom. The minimum absolute atomic E-state index is 0.0762. The molecular formula is C24H25NO4. The fraction of sp³-hybridized carbons (Fsp3) is 0.208. The molecule has 150 valence electrons. The van der Waals surface area contributed by atoms with Crippen LogP contribution in [0.3, 0.4) is 0 Å². The van der Waals surface area contributed by atoms with Crippen molar-refractivity contribution >= 4 is 5.97 Å². The molecule has 0 fully saturated rings. The molecule has 0 heterocycles. The van der Waals surface area contributed by atoms with E-state index in [4.69, 9.17) is 15.6 Å². The van der Waals surface area contributed by atoms with Crippen molar-refractivity contribution in [2.45, 2.75) is 26.0 Å². The van der Waals surface area contributed by atoms with Gasteiger partial charge in [0.2, 0.25) is 0 Å². The zero-order chi connectivity index (χ0) is 20.8. The quantitative estimate of drug-likeness (QED) is 0.542. The van der Waals surface area contributed by atoms with Crippen molar-refractivity contribution in [2.75, 3.05) is 6.61 Å². The highest BCUT2D eigenvalue weighted by Gasteiger charge is 2.10. The van der Waals surface area contributed by atoms with Gasteiger partial charge in [-0.05, 0) is 52.9 Å². The van der Waals surface area contributed by atoms with E-state index in [0.717, 1.165) is 27.8 Å². The summed E-state index contributed by atoms with van der Waals surface area (Å²) >= 11 is 0. The van der Waals surface area contributed by atoms with E-state index in [2.05, 4.69) is 6.07 Å². The first kappa shape index (κ1) is 20.6. The Kier molecular flexibility index (Phi) is 6.65.